The van der Waals surface area contributed by atoms with E-state index in [0.29, 0.717) is 38.4 Å². The first kappa shape index (κ1) is 26.4. The molecule has 0 radical (unpaired) electrons. The Labute approximate surface area is 203 Å². The number of benzene rings is 1. The summed E-state index contributed by atoms with van der Waals surface area (Å²) in [6.45, 7) is 4.80. The van der Waals surface area contributed by atoms with E-state index >= 15 is 0 Å². The first-order valence-electron chi connectivity index (χ1n) is 11.6. The van der Waals surface area contributed by atoms with E-state index in [1.165, 1.54) is 17.0 Å². The van der Waals surface area contributed by atoms with Crippen LogP contribution in [0, 0.1) is 0 Å². The quantitative estimate of drug-likeness (QED) is 0.230. The van der Waals surface area contributed by atoms with Crippen LogP contribution in [0.5, 0.6) is 5.75 Å². The van der Waals surface area contributed by atoms with Crippen LogP contribution in [0.2, 0.25) is 0 Å². The number of nitrogens with one attached hydrogen (secondary N) is 1. The predicted molar refractivity (Wildman–Crippen MR) is 122 cm³/mol. The zero-order valence-corrected chi connectivity index (χ0v) is 19.7. The van der Waals surface area contributed by atoms with Crippen LogP contribution in [-0.2, 0) is 39.8 Å². The van der Waals surface area contributed by atoms with Crippen molar-refractivity contribution in [2.45, 2.75) is 31.6 Å². The highest BCUT2D eigenvalue weighted by Gasteiger charge is 2.53. The Hall–Kier alpha value is -3.22. The molecule has 3 rings (SSSR count). The molecule has 3 amide bonds. The third-order valence-corrected chi connectivity index (χ3v) is 5.74. The molecule has 2 heterocycles. The Kier molecular flexibility index (Phi) is 9.40. The van der Waals surface area contributed by atoms with E-state index < -0.39 is 41.9 Å². The molecule has 0 bridgehead atoms. The topological polar surface area (TPSA) is 164 Å². The van der Waals surface area contributed by atoms with Crippen LogP contribution in [-0.4, -0.2) is 109 Å². The summed E-state index contributed by atoms with van der Waals surface area (Å²) in [7, 11) is 0. The number of amides is 3. The number of carbonyl (C=O) groups excluding carboxylic acids is 4. The maximum absolute atomic E-state index is 13.0. The van der Waals surface area contributed by atoms with Crippen molar-refractivity contribution in [3.05, 3.63) is 29.8 Å². The lowest BCUT2D eigenvalue weighted by atomic mass is 10.1. The number of nitrogens with zero attached hydrogens (tertiary/aromatic N) is 2. The number of hydrogen-bond acceptors (Lipinski definition) is 9. The van der Waals surface area contributed by atoms with Crippen molar-refractivity contribution in [3.63, 3.8) is 0 Å². The fraction of sp³-hybridized carbons (Fsp3) is 0.565. The normalized spacial score (nSPS) is 20.5. The second kappa shape index (κ2) is 12.5. The predicted octanol–water partition coefficient (Wildman–Crippen LogP) is -1.60. The van der Waals surface area contributed by atoms with Crippen molar-refractivity contribution in [1.82, 2.24) is 15.1 Å². The van der Waals surface area contributed by atoms with Gasteiger partial charge >= 0.3 is 5.97 Å². The van der Waals surface area contributed by atoms with E-state index in [0.717, 1.165) is 0 Å². The van der Waals surface area contributed by atoms with Crippen LogP contribution in [0.1, 0.15) is 12.5 Å². The van der Waals surface area contributed by atoms with E-state index in [1.54, 1.807) is 19.1 Å². The van der Waals surface area contributed by atoms with Gasteiger partial charge in [0.15, 0.2) is 12.2 Å². The molecule has 2 aliphatic rings. The van der Waals surface area contributed by atoms with Crippen molar-refractivity contribution in [1.29, 1.82) is 0 Å². The Balaban J connectivity index is 1.62. The van der Waals surface area contributed by atoms with Crippen molar-refractivity contribution >= 4 is 23.7 Å². The maximum Gasteiger partial charge on any atom is 0.338 e. The van der Waals surface area contributed by atoms with E-state index in [-0.39, 0.29) is 31.9 Å². The zero-order chi connectivity index (χ0) is 25.4. The molecule has 0 spiro atoms. The van der Waals surface area contributed by atoms with E-state index in [1.807, 2.05) is 0 Å². The van der Waals surface area contributed by atoms with Gasteiger partial charge in [0, 0.05) is 32.6 Å². The second-order valence-electron chi connectivity index (χ2n) is 8.34. The highest BCUT2D eigenvalue weighted by atomic mass is 16.6. The molecule has 0 aromatic heterocycles. The number of hydrogen-bond donors (Lipinski definition) is 3. The van der Waals surface area contributed by atoms with Gasteiger partial charge in [0.25, 0.3) is 5.91 Å². The minimum Gasteiger partial charge on any atom is -0.508 e. The van der Waals surface area contributed by atoms with Crippen LogP contribution >= 0.6 is 0 Å². The smallest absolute Gasteiger partial charge is 0.338 e. The lowest BCUT2D eigenvalue weighted by Crippen LogP contribution is -2.52. The molecular formula is C23H32N4O8. The highest BCUT2D eigenvalue weighted by Crippen LogP contribution is 2.25. The molecule has 0 aliphatic carbocycles. The highest BCUT2D eigenvalue weighted by molar-refractivity contribution is 5.95. The van der Waals surface area contributed by atoms with Crippen LogP contribution < -0.4 is 11.1 Å². The molecule has 35 heavy (non-hydrogen) atoms. The van der Waals surface area contributed by atoms with Gasteiger partial charge in [-0.25, -0.2) is 4.79 Å². The minimum absolute atomic E-state index is 0.0752. The summed E-state index contributed by atoms with van der Waals surface area (Å²) < 4.78 is 15.5. The zero-order valence-electron chi connectivity index (χ0n) is 19.7. The molecule has 192 valence electrons. The second-order valence-corrected chi connectivity index (χ2v) is 8.34. The van der Waals surface area contributed by atoms with E-state index in [9.17, 15) is 24.3 Å². The van der Waals surface area contributed by atoms with Gasteiger partial charge in [-0.05, 0) is 24.6 Å². The van der Waals surface area contributed by atoms with Crippen LogP contribution in [0.4, 0.5) is 0 Å². The number of nitrogens with two attached hydrogens (primary N) is 1. The number of rotatable bonds is 12. The molecule has 1 aromatic carbocycles. The summed E-state index contributed by atoms with van der Waals surface area (Å²) in [5.41, 5.74) is 6.16. The summed E-state index contributed by atoms with van der Waals surface area (Å²) in [4.78, 5) is 53.1. The average Bonchev–Trinajstić information content (AvgIpc) is 3.64. The number of phenols is 1. The summed E-state index contributed by atoms with van der Waals surface area (Å²) in [6.07, 6.45) is -1.86. The van der Waals surface area contributed by atoms with Crippen LogP contribution in [0.15, 0.2) is 24.3 Å². The monoisotopic (exact) mass is 492 g/mol. The van der Waals surface area contributed by atoms with E-state index in [2.05, 4.69) is 10.2 Å². The van der Waals surface area contributed by atoms with Crippen LogP contribution in [0.3, 0.4) is 0 Å². The molecule has 2 unspecified atom stereocenters. The molecule has 4 N–H and O–H groups in total. The van der Waals surface area contributed by atoms with Gasteiger partial charge in [-0.1, -0.05) is 12.1 Å². The number of ether oxygens (including phenoxy) is 3. The van der Waals surface area contributed by atoms with Crippen molar-refractivity contribution in [2.24, 2.45) is 5.73 Å². The van der Waals surface area contributed by atoms with Gasteiger partial charge in [0.05, 0.1) is 26.4 Å². The number of morpholine rings is 1. The van der Waals surface area contributed by atoms with Crippen molar-refractivity contribution in [3.8, 4) is 5.75 Å². The fourth-order valence-electron chi connectivity index (χ4n) is 3.74. The van der Waals surface area contributed by atoms with Gasteiger partial charge in [-0.3, -0.25) is 19.3 Å². The standard InChI is InChI=1S/C23H32N4O8/c1-2-34-23(32)20-19(35-20)22(31)27(8-7-26-9-11-33-12-10-26)14-18(29)25-17(21(24)30)13-15-3-5-16(28)6-4-15/h3-6,17,19-20,28H,2,7-14H2,1H3,(H2,24,30)(H,25,29)/t17-,19?,20?/m0/s1. The van der Waals surface area contributed by atoms with Gasteiger partial charge in [-0.15, -0.1) is 0 Å². The Morgan fingerprint density at radius 3 is 2.51 bits per heavy atom. The largest absolute Gasteiger partial charge is 0.508 e. The summed E-state index contributed by atoms with van der Waals surface area (Å²) in [5.74, 6) is -2.35. The molecular weight excluding hydrogens is 460 g/mol. The lowest BCUT2D eigenvalue weighted by molar-refractivity contribution is -0.145. The Morgan fingerprint density at radius 1 is 1.20 bits per heavy atom. The average molecular weight is 493 g/mol. The lowest BCUT2D eigenvalue weighted by Gasteiger charge is -2.30. The molecule has 0 saturated carbocycles. The first-order valence-corrected chi connectivity index (χ1v) is 11.6. The van der Waals surface area contributed by atoms with Crippen molar-refractivity contribution < 1.29 is 38.5 Å². The Morgan fingerprint density at radius 2 is 1.89 bits per heavy atom. The maximum atomic E-state index is 13.0. The molecule has 1 aromatic rings. The summed E-state index contributed by atoms with van der Waals surface area (Å²) >= 11 is 0. The number of phenolic OH excluding ortho intramolecular Hbond substituents is 1. The third kappa shape index (κ3) is 7.91. The van der Waals surface area contributed by atoms with Crippen LogP contribution in [0.25, 0.3) is 0 Å². The molecule has 2 saturated heterocycles. The van der Waals surface area contributed by atoms with E-state index in [4.69, 9.17) is 19.9 Å². The van der Waals surface area contributed by atoms with Gasteiger partial charge in [0.2, 0.25) is 11.8 Å². The number of esters is 1. The molecule has 12 nitrogen and oxygen atoms in total. The molecule has 12 heteroatoms. The molecule has 2 aliphatic heterocycles. The third-order valence-electron chi connectivity index (χ3n) is 5.74. The number of carbonyl (C=O) groups is 4. The van der Waals surface area contributed by atoms with Gasteiger partial charge in [0.1, 0.15) is 11.8 Å². The molecule has 2 fully saturated rings. The fourth-order valence-corrected chi connectivity index (χ4v) is 3.74. The summed E-state index contributed by atoms with van der Waals surface area (Å²) in [6, 6.07) is 5.17. The number of epoxide rings is 1. The Bertz CT molecular complexity index is 903. The summed E-state index contributed by atoms with van der Waals surface area (Å²) in [5, 5.41) is 12.0. The van der Waals surface area contributed by atoms with Crippen molar-refractivity contribution in [2.75, 3.05) is 52.5 Å². The van der Waals surface area contributed by atoms with Gasteiger partial charge < -0.3 is 35.3 Å². The minimum atomic E-state index is -1.01. The SMILES string of the molecule is CCOC(=O)C1OC1C(=O)N(CCN1CCOCC1)CC(=O)N[C@@H](Cc1ccc(O)cc1)C(N)=O. The first-order chi connectivity index (χ1) is 16.8. The molecule has 3 atom stereocenters. The number of aromatic hydroxyl groups is 1. The number of primary amides is 1. The van der Waals surface area contributed by atoms with Gasteiger partial charge in [-0.2, -0.15) is 0 Å².